The third-order valence-corrected chi connectivity index (χ3v) is 3.74. The molecule has 0 aliphatic carbocycles. The van der Waals surface area contributed by atoms with Crippen LogP contribution in [0.3, 0.4) is 0 Å². The van der Waals surface area contributed by atoms with E-state index in [1.807, 2.05) is 6.07 Å². The maximum atomic E-state index is 4.16. The molecule has 2 heterocycles. The van der Waals surface area contributed by atoms with Gasteiger partial charge in [-0.15, -0.1) is 0 Å². The molecule has 0 radical (unpaired) electrons. The van der Waals surface area contributed by atoms with E-state index in [9.17, 15) is 0 Å². The highest BCUT2D eigenvalue weighted by Gasteiger charge is 2.14. The van der Waals surface area contributed by atoms with Gasteiger partial charge in [0.25, 0.3) is 0 Å². The number of hydrogen-bond donors (Lipinski definition) is 1. The molecule has 0 aromatic carbocycles. The van der Waals surface area contributed by atoms with E-state index in [-0.39, 0.29) is 0 Å². The molecular weight excluding hydrogens is 194 g/mol. The Hall–Kier alpha value is -0.610. The maximum absolute atomic E-state index is 4.16. The highest BCUT2D eigenvalue weighted by molar-refractivity contribution is 8.00. The van der Waals surface area contributed by atoms with Crippen molar-refractivity contribution in [2.24, 2.45) is 0 Å². The first-order valence-corrected chi connectivity index (χ1v) is 6.07. The van der Waals surface area contributed by atoms with Crippen LogP contribution in [0.1, 0.15) is 18.5 Å². The summed E-state index contributed by atoms with van der Waals surface area (Å²) in [5.74, 6) is 1.33. The van der Waals surface area contributed by atoms with Crippen molar-refractivity contribution < 1.29 is 0 Å². The Bertz CT molecular complexity index is 259. The number of aromatic nitrogens is 2. The molecule has 1 aromatic rings. The molecule has 0 bridgehead atoms. The standard InChI is InChI=1S/C10H15N3S/c1-2-10(14-5-1)7-12-6-9-3-4-11-8-13-9/h3-4,8,10,12H,1-2,5-7H2. The van der Waals surface area contributed by atoms with Gasteiger partial charge in [0.1, 0.15) is 6.33 Å². The largest absolute Gasteiger partial charge is 0.310 e. The Morgan fingerprint density at radius 1 is 1.57 bits per heavy atom. The van der Waals surface area contributed by atoms with Crippen LogP contribution in [0.2, 0.25) is 0 Å². The lowest BCUT2D eigenvalue weighted by atomic mass is 10.2. The second kappa shape index (κ2) is 5.32. The lowest BCUT2D eigenvalue weighted by Gasteiger charge is -2.09. The third kappa shape index (κ3) is 2.96. The van der Waals surface area contributed by atoms with Gasteiger partial charge in [-0.25, -0.2) is 9.97 Å². The Morgan fingerprint density at radius 3 is 3.29 bits per heavy atom. The van der Waals surface area contributed by atoms with Crippen LogP contribution < -0.4 is 5.32 Å². The van der Waals surface area contributed by atoms with Gasteiger partial charge in [-0.3, -0.25) is 0 Å². The third-order valence-electron chi connectivity index (χ3n) is 2.35. The molecule has 1 unspecified atom stereocenters. The fraction of sp³-hybridized carbons (Fsp3) is 0.600. The average molecular weight is 209 g/mol. The summed E-state index contributed by atoms with van der Waals surface area (Å²) in [6, 6.07) is 1.95. The summed E-state index contributed by atoms with van der Waals surface area (Å²) in [6.07, 6.45) is 6.13. The van der Waals surface area contributed by atoms with Crippen molar-refractivity contribution in [3.8, 4) is 0 Å². The summed E-state index contributed by atoms with van der Waals surface area (Å²) in [7, 11) is 0. The van der Waals surface area contributed by atoms with Crippen LogP contribution in [-0.4, -0.2) is 27.5 Å². The molecule has 2 rings (SSSR count). The quantitative estimate of drug-likeness (QED) is 0.814. The Morgan fingerprint density at radius 2 is 2.57 bits per heavy atom. The van der Waals surface area contributed by atoms with Gasteiger partial charge in [-0.1, -0.05) is 0 Å². The van der Waals surface area contributed by atoms with E-state index in [1.165, 1.54) is 18.6 Å². The molecule has 1 fully saturated rings. The summed E-state index contributed by atoms with van der Waals surface area (Å²) < 4.78 is 0. The Balaban J connectivity index is 1.67. The highest BCUT2D eigenvalue weighted by Crippen LogP contribution is 2.25. The van der Waals surface area contributed by atoms with E-state index in [0.717, 1.165) is 24.0 Å². The first kappa shape index (κ1) is 9.93. The predicted octanol–water partition coefficient (Wildman–Crippen LogP) is 1.46. The van der Waals surface area contributed by atoms with Gasteiger partial charge in [-0.2, -0.15) is 11.8 Å². The molecule has 0 amide bonds. The molecule has 3 nitrogen and oxygen atoms in total. The number of rotatable bonds is 4. The molecule has 1 aromatic heterocycles. The topological polar surface area (TPSA) is 37.8 Å². The van der Waals surface area contributed by atoms with Crippen molar-refractivity contribution in [2.75, 3.05) is 12.3 Å². The van der Waals surface area contributed by atoms with E-state index in [1.54, 1.807) is 12.5 Å². The van der Waals surface area contributed by atoms with E-state index >= 15 is 0 Å². The zero-order valence-corrected chi connectivity index (χ0v) is 8.96. The van der Waals surface area contributed by atoms with Crippen molar-refractivity contribution in [3.05, 3.63) is 24.3 Å². The van der Waals surface area contributed by atoms with Crippen molar-refractivity contribution in [1.82, 2.24) is 15.3 Å². The van der Waals surface area contributed by atoms with E-state index in [4.69, 9.17) is 0 Å². The number of nitrogens with zero attached hydrogens (tertiary/aromatic N) is 2. The molecule has 1 aliphatic rings. The van der Waals surface area contributed by atoms with Crippen LogP contribution in [0.25, 0.3) is 0 Å². The summed E-state index contributed by atoms with van der Waals surface area (Å²) in [5.41, 5.74) is 1.07. The van der Waals surface area contributed by atoms with Crippen LogP contribution in [-0.2, 0) is 6.54 Å². The maximum Gasteiger partial charge on any atom is 0.115 e. The molecule has 0 spiro atoms. The fourth-order valence-corrected chi connectivity index (χ4v) is 2.82. The molecule has 1 atom stereocenters. The summed E-state index contributed by atoms with van der Waals surface area (Å²) in [6.45, 7) is 1.97. The van der Waals surface area contributed by atoms with Crippen molar-refractivity contribution in [1.29, 1.82) is 0 Å². The van der Waals surface area contributed by atoms with Gasteiger partial charge in [0.15, 0.2) is 0 Å². The fourth-order valence-electron chi connectivity index (χ4n) is 1.59. The summed E-state index contributed by atoms with van der Waals surface area (Å²) >= 11 is 2.08. The minimum absolute atomic E-state index is 0.817. The van der Waals surface area contributed by atoms with E-state index in [2.05, 4.69) is 27.0 Å². The lowest BCUT2D eigenvalue weighted by Crippen LogP contribution is -2.23. The van der Waals surface area contributed by atoms with Gasteiger partial charge in [0.2, 0.25) is 0 Å². The normalized spacial score (nSPS) is 21.3. The molecule has 1 saturated heterocycles. The van der Waals surface area contributed by atoms with Crippen molar-refractivity contribution in [3.63, 3.8) is 0 Å². The molecule has 1 aliphatic heterocycles. The first-order chi connectivity index (χ1) is 6.95. The van der Waals surface area contributed by atoms with Gasteiger partial charge >= 0.3 is 0 Å². The highest BCUT2D eigenvalue weighted by atomic mass is 32.2. The Labute approximate surface area is 88.7 Å². The molecule has 1 N–H and O–H groups in total. The predicted molar refractivity (Wildman–Crippen MR) is 59.2 cm³/mol. The molecular formula is C10H15N3S. The average Bonchev–Trinajstić information content (AvgIpc) is 2.72. The first-order valence-electron chi connectivity index (χ1n) is 5.02. The monoisotopic (exact) mass is 209 g/mol. The number of nitrogens with one attached hydrogen (secondary N) is 1. The second-order valence-electron chi connectivity index (χ2n) is 3.47. The van der Waals surface area contributed by atoms with Gasteiger partial charge in [0.05, 0.1) is 5.69 Å². The van der Waals surface area contributed by atoms with Gasteiger partial charge in [0, 0.05) is 24.5 Å². The van der Waals surface area contributed by atoms with Crippen molar-refractivity contribution >= 4 is 11.8 Å². The van der Waals surface area contributed by atoms with E-state index in [0.29, 0.717) is 0 Å². The summed E-state index contributed by atoms with van der Waals surface area (Å²) in [5, 5.41) is 4.25. The minimum Gasteiger partial charge on any atom is -0.310 e. The Kier molecular flexibility index (Phi) is 3.77. The van der Waals surface area contributed by atoms with Gasteiger partial charge < -0.3 is 5.32 Å². The number of thioether (sulfide) groups is 1. The summed E-state index contributed by atoms with van der Waals surface area (Å²) in [4.78, 5) is 8.05. The zero-order chi connectivity index (χ0) is 9.64. The SMILES string of the molecule is c1cc(CNCC2CCCS2)ncn1. The number of hydrogen-bond acceptors (Lipinski definition) is 4. The van der Waals surface area contributed by atoms with Crippen LogP contribution in [0, 0.1) is 0 Å². The lowest BCUT2D eigenvalue weighted by molar-refractivity contribution is 0.637. The second-order valence-corrected chi connectivity index (χ2v) is 4.87. The van der Waals surface area contributed by atoms with Crippen LogP contribution in [0.5, 0.6) is 0 Å². The van der Waals surface area contributed by atoms with Crippen LogP contribution in [0.4, 0.5) is 0 Å². The minimum atomic E-state index is 0.817. The van der Waals surface area contributed by atoms with E-state index < -0.39 is 0 Å². The zero-order valence-electron chi connectivity index (χ0n) is 8.15. The molecule has 4 heteroatoms. The van der Waals surface area contributed by atoms with Crippen LogP contribution in [0.15, 0.2) is 18.6 Å². The van der Waals surface area contributed by atoms with Crippen LogP contribution >= 0.6 is 11.8 Å². The molecule has 0 saturated carbocycles. The van der Waals surface area contributed by atoms with Crippen molar-refractivity contribution in [2.45, 2.75) is 24.6 Å². The molecule has 76 valence electrons. The smallest absolute Gasteiger partial charge is 0.115 e. The molecule has 14 heavy (non-hydrogen) atoms. The van der Waals surface area contributed by atoms with Gasteiger partial charge in [-0.05, 0) is 24.7 Å².